The van der Waals surface area contributed by atoms with Gasteiger partial charge in [-0.2, -0.15) is 0 Å². The summed E-state index contributed by atoms with van der Waals surface area (Å²) in [5.74, 6) is 1.47. The molecule has 0 spiro atoms. The van der Waals surface area contributed by atoms with Crippen molar-refractivity contribution in [3.8, 4) is 0 Å². The molecule has 0 saturated carbocycles. The summed E-state index contributed by atoms with van der Waals surface area (Å²) in [6.45, 7) is 6.35. The SMILES string of the molecule is Cc1ccc(C)c(C(=O)N2CCC[C@@H](c3nccn3Cc3ccncc3)C2)c1. The molecule has 0 unspecified atom stereocenters. The highest BCUT2D eigenvalue weighted by atomic mass is 16.2. The van der Waals surface area contributed by atoms with Crippen LogP contribution in [0.5, 0.6) is 0 Å². The average molecular weight is 374 g/mol. The van der Waals surface area contributed by atoms with Crippen LogP contribution in [0.3, 0.4) is 0 Å². The van der Waals surface area contributed by atoms with Gasteiger partial charge < -0.3 is 9.47 Å². The number of benzene rings is 1. The van der Waals surface area contributed by atoms with Gasteiger partial charge in [0.2, 0.25) is 0 Å². The second-order valence-corrected chi connectivity index (χ2v) is 7.68. The molecule has 0 bridgehead atoms. The minimum Gasteiger partial charge on any atom is -0.338 e. The average Bonchev–Trinajstić information content (AvgIpc) is 3.18. The van der Waals surface area contributed by atoms with E-state index in [4.69, 9.17) is 0 Å². The van der Waals surface area contributed by atoms with Crippen LogP contribution in [-0.2, 0) is 6.54 Å². The molecule has 3 heterocycles. The molecule has 4 rings (SSSR count). The lowest BCUT2D eigenvalue weighted by molar-refractivity contribution is 0.0702. The summed E-state index contributed by atoms with van der Waals surface area (Å²) >= 11 is 0. The van der Waals surface area contributed by atoms with Gasteiger partial charge in [-0.25, -0.2) is 4.98 Å². The number of rotatable bonds is 4. The predicted octanol–water partition coefficient (Wildman–Crippen LogP) is 3.96. The second kappa shape index (κ2) is 7.97. The third-order valence-corrected chi connectivity index (χ3v) is 5.55. The predicted molar refractivity (Wildman–Crippen MR) is 109 cm³/mol. The van der Waals surface area contributed by atoms with Crippen LogP contribution in [0.15, 0.2) is 55.1 Å². The number of piperidine rings is 1. The van der Waals surface area contributed by atoms with Gasteiger partial charge in [0.1, 0.15) is 5.82 Å². The number of aryl methyl sites for hydroxylation is 2. The highest BCUT2D eigenvalue weighted by Gasteiger charge is 2.28. The zero-order valence-electron chi connectivity index (χ0n) is 16.5. The van der Waals surface area contributed by atoms with Crippen LogP contribution >= 0.6 is 0 Å². The molecule has 1 amide bonds. The molecule has 1 saturated heterocycles. The molecule has 0 aliphatic carbocycles. The van der Waals surface area contributed by atoms with Crippen LogP contribution in [0.2, 0.25) is 0 Å². The molecule has 0 N–H and O–H groups in total. The van der Waals surface area contributed by atoms with E-state index in [1.807, 2.05) is 67.8 Å². The monoisotopic (exact) mass is 374 g/mol. The first kappa shape index (κ1) is 18.4. The van der Waals surface area contributed by atoms with Crippen molar-refractivity contribution in [2.75, 3.05) is 13.1 Å². The molecule has 1 atom stereocenters. The fraction of sp³-hybridized carbons (Fsp3) is 0.348. The lowest BCUT2D eigenvalue weighted by atomic mass is 9.95. The molecule has 1 aromatic carbocycles. The Morgan fingerprint density at radius 2 is 1.96 bits per heavy atom. The van der Waals surface area contributed by atoms with Gasteiger partial charge in [-0.1, -0.05) is 17.7 Å². The van der Waals surface area contributed by atoms with Gasteiger partial charge in [-0.15, -0.1) is 0 Å². The van der Waals surface area contributed by atoms with Crippen LogP contribution in [0.4, 0.5) is 0 Å². The number of hydrogen-bond acceptors (Lipinski definition) is 3. The largest absolute Gasteiger partial charge is 0.338 e. The number of carbonyl (C=O) groups is 1. The normalized spacial score (nSPS) is 16.9. The first-order chi connectivity index (χ1) is 13.6. The number of carbonyl (C=O) groups excluding carboxylic acids is 1. The van der Waals surface area contributed by atoms with E-state index in [0.29, 0.717) is 0 Å². The summed E-state index contributed by atoms with van der Waals surface area (Å²) in [7, 11) is 0. The van der Waals surface area contributed by atoms with Crippen molar-refractivity contribution in [3.63, 3.8) is 0 Å². The van der Waals surface area contributed by atoms with E-state index in [9.17, 15) is 4.79 Å². The zero-order chi connectivity index (χ0) is 19.5. The molecule has 28 heavy (non-hydrogen) atoms. The highest BCUT2D eigenvalue weighted by molar-refractivity contribution is 5.96. The third kappa shape index (κ3) is 3.84. The quantitative estimate of drug-likeness (QED) is 0.694. The first-order valence-corrected chi connectivity index (χ1v) is 9.88. The van der Waals surface area contributed by atoms with E-state index < -0.39 is 0 Å². The molecule has 0 radical (unpaired) electrons. The van der Waals surface area contributed by atoms with Gasteiger partial charge in [-0.3, -0.25) is 9.78 Å². The molecule has 3 aromatic rings. The smallest absolute Gasteiger partial charge is 0.254 e. The Morgan fingerprint density at radius 3 is 2.79 bits per heavy atom. The maximum atomic E-state index is 13.2. The summed E-state index contributed by atoms with van der Waals surface area (Å²) in [4.78, 5) is 23.9. The molecule has 2 aromatic heterocycles. The zero-order valence-corrected chi connectivity index (χ0v) is 16.5. The van der Waals surface area contributed by atoms with Crippen molar-refractivity contribution in [1.82, 2.24) is 19.4 Å². The van der Waals surface area contributed by atoms with Crippen molar-refractivity contribution < 1.29 is 4.79 Å². The number of aromatic nitrogens is 3. The van der Waals surface area contributed by atoms with E-state index in [1.54, 1.807) is 0 Å². The number of pyridine rings is 1. The molecular formula is C23H26N4O. The molecule has 5 nitrogen and oxygen atoms in total. The lowest BCUT2D eigenvalue weighted by Gasteiger charge is -2.33. The number of hydrogen-bond donors (Lipinski definition) is 0. The van der Waals surface area contributed by atoms with Crippen LogP contribution < -0.4 is 0 Å². The van der Waals surface area contributed by atoms with Gasteiger partial charge in [0.25, 0.3) is 5.91 Å². The summed E-state index contributed by atoms with van der Waals surface area (Å²) in [6.07, 6.45) is 9.59. The Bertz CT molecular complexity index is 964. The topological polar surface area (TPSA) is 51.0 Å². The number of nitrogens with zero attached hydrogens (tertiary/aromatic N) is 4. The molecule has 5 heteroatoms. The maximum absolute atomic E-state index is 13.2. The Morgan fingerprint density at radius 1 is 1.14 bits per heavy atom. The Kier molecular flexibility index (Phi) is 5.24. The van der Waals surface area contributed by atoms with Crippen molar-refractivity contribution in [2.24, 2.45) is 0 Å². The van der Waals surface area contributed by atoms with Crippen molar-refractivity contribution in [2.45, 2.75) is 39.2 Å². The summed E-state index contributed by atoms with van der Waals surface area (Å²) in [6, 6.07) is 10.2. The fourth-order valence-electron chi connectivity index (χ4n) is 4.01. The number of amides is 1. The lowest BCUT2D eigenvalue weighted by Crippen LogP contribution is -2.40. The minimum absolute atomic E-state index is 0.137. The van der Waals surface area contributed by atoms with Crippen LogP contribution in [0.1, 0.15) is 51.6 Å². The van der Waals surface area contributed by atoms with E-state index in [-0.39, 0.29) is 11.8 Å². The summed E-state index contributed by atoms with van der Waals surface area (Å²) in [5, 5.41) is 0. The number of imidazole rings is 1. The minimum atomic E-state index is 0.137. The summed E-state index contributed by atoms with van der Waals surface area (Å²) in [5.41, 5.74) is 4.18. The van der Waals surface area contributed by atoms with E-state index >= 15 is 0 Å². The van der Waals surface area contributed by atoms with E-state index in [0.717, 1.165) is 55.0 Å². The van der Waals surface area contributed by atoms with E-state index in [2.05, 4.69) is 20.6 Å². The number of likely N-dealkylation sites (tertiary alicyclic amines) is 1. The van der Waals surface area contributed by atoms with Crippen LogP contribution in [0, 0.1) is 13.8 Å². The van der Waals surface area contributed by atoms with Gasteiger partial charge in [0, 0.05) is 55.9 Å². The highest BCUT2D eigenvalue weighted by Crippen LogP contribution is 2.28. The Hall–Kier alpha value is -2.95. The molecule has 1 fully saturated rings. The first-order valence-electron chi connectivity index (χ1n) is 9.88. The van der Waals surface area contributed by atoms with Gasteiger partial charge in [-0.05, 0) is 56.0 Å². The summed E-state index contributed by atoms with van der Waals surface area (Å²) < 4.78 is 2.20. The standard InChI is InChI=1S/C23H26N4O/c1-17-5-6-18(2)21(14-17)23(28)27-12-3-4-20(16-27)22-25-11-13-26(22)15-19-7-9-24-10-8-19/h5-11,13-14,20H,3-4,12,15-16H2,1-2H3/t20-/m1/s1. The molecule has 1 aliphatic rings. The van der Waals surface area contributed by atoms with Crippen molar-refractivity contribution >= 4 is 5.91 Å². The van der Waals surface area contributed by atoms with Gasteiger partial charge >= 0.3 is 0 Å². The molecule has 144 valence electrons. The molecule has 1 aliphatic heterocycles. The Labute approximate surface area is 166 Å². The maximum Gasteiger partial charge on any atom is 0.254 e. The van der Waals surface area contributed by atoms with Crippen molar-refractivity contribution in [1.29, 1.82) is 0 Å². The molecular weight excluding hydrogens is 348 g/mol. The van der Waals surface area contributed by atoms with Crippen LogP contribution in [-0.4, -0.2) is 38.4 Å². The fourth-order valence-corrected chi connectivity index (χ4v) is 4.01. The van der Waals surface area contributed by atoms with E-state index in [1.165, 1.54) is 5.56 Å². The van der Waals surface area contributed by atoms with Crippen LogP contribution in [0.25, 0.3) is 0 Å². The Balaban J connectivity index is 1.53. The third-order valence-electron chi connectivity index (χ3n) is 5.55. The second-order valence-electron chi connectivity index (χ2n) is 7.68. The van der Waals surface area contributed by atoms with Crippen molar-refractivity contribution in [3.05, 3.63) is 83.2 Å². The van der Waals surface area contributed by atoms with Gasteiger partial charge in [0.05, 0.1) is 0 Å². The van der Waals surface area contributed by atoms with Gasteiger partial charge in [0.15, 0.2) is 0 Å².